The van der Waals surface area contributed by atoms with Gasteiger partial charge in [-0.05, 0) is 30.0 Å². The predicted octanol–water partition coefficient (Wildman–Crippen LogP) is 3.38. The maximum Gasteiger partial charge on any atom is 0.269 e. The minimum atomic E-state index is -1.17. The van der Waals surface area contributed by atoms with Crippen LogP contribution in [0.15, 0.2) is 54.6 Å². The molecule has 3 aromatic rings. The van der Waals surface area contributed by atoms with E-state index in [0.29, 0.717) is 5.56 Å². The molecule has 0 saturated heterocycles. The SMILES string of the molecule is CC(O)(CNC(=O)Cc1ccc([N+](=O)[O-])cc1)c1cc2ccccc2s1. The number of nitrogens with zero attached hydrogens (tertiary/aromatic N) is 1. The summed E-state index contributed by atoms with van der Waals surface area (Å²) in [5, 5.41) is 25.2. The van der Waals surface area contributed by atoms with E-state index in [1.165, 1.54) is 23.5 Å². The van der Waals surface area contributed by atoms with E-state index < -0.39 is 10.5 Å². The Morgan fingerprint density at radius 1 is 1.23 bits per heavy atom. The van der Waals surface area contributed by atoms with Crippen molar-refractivity contribution in [3.8, 4) is 0 Å². The van der Waals surface area contributed by atoms with Gasteiger partial charge in [-0.15, -0.1) is 11.3 Å². The van der Waals surface area contributed by atoms with Crippen LogP contribution in [-0.4, -0.2) is 22.5 Å². The molecule has 0 aliphatic heterocycles. The lowest BCUT2D eigenvalue weighted by atomic mass is 10.0. The number of carbonyl (C=O) groups is 1. The van der Waals surface area contributed by atoms with Gasteiger partial charge in [0.05, 0.1) is 17.9 Å². The lowest BCUT2D eigenvalue weighted by Gasteiger charge is -2.22. The summed E-state index contributed by atoms with van der Waals surface area (Å²) in [5.41, 5.74) is -0.508. The Kier molecular flexibility index (Phi) is 5.01. The number of benzene rings is 2. The summed E-state index contributed by atoms with van der Waals surface area (Å²) in [5.74, 6) is -0.250. The third kappa shape index (κ3) is 4.07. The lowest BCUT2D eigenvalue weighted by Crippen LogP contribution is -2.38. The minimum absolute atomic E-state index is 0.0122. The van der Waals surface area contributed by atoms with E-state index in [9.17, 15) is 20.0 Å². The van der Waals surface area contributed by atoms with Crippen LogP contribution in [0, 0.1) is 10.1 Å². The van der Waals surface area contributed by atoms with Crippen molar-refractivity contribution in [3.05, 3.63) is 75.2 Å². The Bertz CT molecular complexity index is 915. The molecule has 0 saturated carbocycles. The van der Waals surface area contributed by atoms with E-state index in [2.05, 4.69) is 5.32 Å². The molecule has 2 N–H and O–H groups in total. The number of rotatable bonds is 6. The first-order valence-electron chi connectivity index (χ1n) is 8.07. The van der Waals surface area contributed by atoms with Gasteiger partial charge in [0.15, 0.2) is 0 Å². The number of nitro benzene ring substituents is 1. The van der Waals surface area contributed by atoms with E-state index in [4.69, 9.17) is 0 Å². The number of aliphatic hydroxyl groups is 1. The maximum absolute atomic E-state index is 12.1. The topological polar surface area (TPSA) is 92.5 Å². The van der Waals surface area contributed by atoms with E-state index in [1.54, 1.807) is 19.1 Å². The number of thiophene rings is 1. The molecular weight excluding hydrogens is 352 g/mol. The first-order valence-corrected chi connectivity index (χ1v) is 8.88. The number of hydrogen-bond donors (Lipinski definition) is 2. The fourth-order valence-electron chi connectivity index (χ4n) is 2.59. The highest BCUT2D eigenvalue weighted by atomic mass is 32.1. The molecule has 0 fully saturated rings. The molecule has 0 bridgehead atoms. The molecular formula is C19H18N2O4S. The van der Waals surface area contributed by atoms with Gasteiger partial charge in [0.2, 0.25) is 5.91 Å². The molecule has 2 aromatic carbocycles. The predicted molar refractivity (Wildman–Crippen MR) is 101 cm³/mol. The molecule has 1 heterocycles. The first-order chi connectivity index (χ1) is 12.3. The lowest BCUT2D eigenvalue weighted by molar-refractivity contribution is -0.384. The van der Waals surface area contributed by atoms with Crippen LogP contribution in [0.25, 0.3) is 10.1 Å². The Morgan fingerprint density at radius 2 is 1.92 bits per heavy atom. The van der Waals surface area contributed by atoms with Gasteiger partial charge < -0.3 is 10.4 Å². The summed E-state index contributed by atoms with van der Waals surface area (Å²) in [6.07, 6.45) is 0.0977. The molecule has 1 aromatic heterocycles. The van der Waals surface area contributed by atoms with Crippen molar-refractivity contribution in [2.75, 3.05) is 6.54 Å². The first kappa shape index (κ1) is 18.0. The zero-order valence-corrected chi connectivity index (χ0v) is 15.0. The molecule has 1 atom stereocenters. The highest BCUT2D eigenvalue weighted by Crippen LogP contribution is 2.32. The number of fused-ring (bicyclic) bond motifs is 1. The Morgan fingerprint density at radius 3 is 2.58 bits per heavy atom. The van der Waals surface area contributed by atoms with E-state index >= 15 is 0 Å². The van der Waals surface area contributed by atoms with Crippen molar-refractivity contribution in [1.29, 1.82) is 0 Å². The number of carbonyl (C=O) groups excluding carboxylic acids is 1. The molecule has 3 rings (SSSR count). The number of nitrogens with one attached hydrogen (secondary N) is 1. The number of non-ortho nitro benzene ring substituents is 1. The average Bonchev–Trinajstić information content (AvgIpc) is 3.06. The standard InChI is InChI=1S/C19H18N2O4S/c1-19(23,17-11-14-4-2-3-5-16(14)26-17)12-20-18(22)10-13-6-8-15(9-7-13)21(24)25/h2-9,11,23H,10,12H2,1H3,(H,20,22). The number of hydrogen-bond acceptors (Lipinski definition) is 5. The Hall–Kier alpha value is -2.77. The van der Waals surface area contributed by atoms with Gasteiger partial charge in [-0.1, -0.05) is 30.3 Å². The van der Waals surface area contributed by atoms with Crippen molar-refractivity contribution in [2.45, 2.75) is 18.9 Å². The van der Waals surface area contributed by atoms with Crippen molar-refractivity contribution < 1.29 is 14.8 Å². The van der Waals surface area contributed by atoms with Crippen LogP contribution in [0.3, 0.4) is 0 Å². The third-order valence-electron chi connectivity index (χ3n) is 4.10. The van der Waals surface area contributed by atoms with Crippen molar-refractivity contribution >= 4 is 33.0 Å². The molecule has 1 amide bonds. The Balaban J connectivity index is 1.61. The smallest absolute Gasteiger partial charge is 0.269 e. The third-order valence-corrected chi connectivity index (χ3v) is 5.47. The van der Waals surface area contributed by atoms with E-state index in [-0.39, 0.29) is 24.6 Å². The minimum Gasteiger partial charge on any atom is -0.383 e. The van der Waals surface area contributed by atoms with Crippen LogP contribution in [0.5, 0.6) is 0 Å². The van der Waals surface area contributed by atoms with Crippen molar-refractivity contribution in [1.82, 2.24) is 5.32 Å². The van der Waals surface area contributed by atoms with Crippen LogP contribution >= 0.6 is 11.3 Å². The quantitative estimate of drug-likeness (QED) is 0.514. The van der Waals surface area contributed by atoms with Crippen molar-refractivity contribution in [3.63, 3.8) is 0 Å². The summed E-state index contributed by atoms with van der Waals surface area (Å²) < 4.78 is 1.08. The summed E-state index contributed by atoms with van der Waals surface area (Å²) in [6, 6.07) is 15.7. The number of nitro groups is 1. The molecule has 26 heavy (non-hydrogen) atoms. The summed E-state index contributed by atoms with van der Waals surface area (Å²) in [6.45, 7) is 1.76. The molecule has 6 nitrogen and oxygen atoms in total. The molecule has 134 valence electrons. The maximum atomic E-state index is 12.1. The highest BCUT2D eigenvalue weighted by Gasteiger charge is 2.26. The van der Waals surface area contributed by atoms with Gasteiger partial charge >= 0.3 is 0 Å². The second-order valence-corrected chi connectivity index (χ2v) is 7.38. The van der Waals surface area contributed by atoms with Gasteiger partial charge in [-0.3, -0.25) is 14.9 Å². The fraction of sp³-hybridized carbons (Fsp3) is 0.211. The molecule has 0 radical (unpaired) electrons. The summed E-state index contributed by atoms with van der Waals surface area (Å²) in [4.78, 5) is 23.1. The largest absolute Gasteiger partial charge is 0.383 e. The number of amides is 1. The average molecular weight is 370 g/mol. The van der Waals surface area contributed by atoms with E-state index in [1.807, 2.05) is 30.3 Å². The highest BCUT2D eigenvalue weighted by molar-refractivity contribution is 7.19. The summed E-state index contributed by atoms with van der Waals surface area (Å²) in [7, 11) is 0. The molecule has 0 aliphatic carbocycles. The van der Waals surface area contributed by atoms with Gasteiger partial charge in [-0.25, -0.2) is 0 Å². The molecule has 1 unspecified atom stereocenters. The van der Waals surface area contributed by atoms with E-state index in [0.717, 1.165) is 15.0 Å². The zero-order chi connectivity index (χ0) is 18.7. The molecule has 0 spiro atoms. The van der Waals surface area contributed by atoms with Gasteiger partial charge in [0.1, 0.15) is 5.60 Å². The van der Waals surface area contributed by atoms with Crippen LogP contribution in [0.4, 0.5) is 5.69 Å². The van der Waals surface area contributed by atoms with Crippen LogP contribution in [0.1, 0.15) is 17.4 Å². The molecule has 0 aliphatic rings. The second kappa shape index (κ2) is 7.23. The normalized spacial score (nSPS) is 13.3. The summed E-state index contributed by atoms with van der Waals surface area (Å²) >= 11 is 1.50. The fourth-order valence-corrected chi connectivity index (χ4v) is 3.69. The van der Waals surface area contributed by atoms with Gasteiger partial charge in [-0.2, -0.15) is 0 Å². The van der Waals surface area contributed by atoms with Crippen LogP contribution in [0.2, 0.25) is 0 Å². The molecule has 7 heteroatoms. The monoisotopic (exact) mass is 370 g/mol. The van der Waals surface area contributed by atoms with Gasteiger partial charge in [0, 0.05) is 21.7 Å². The Labute approximate surface area is 154 Å². The second-order valence-electron chi connectivity index (χ2n) is 6.30. The van der Waals surface area contributed by atoms with Crippen molar-refractivity contribution in [2.24, 2.45) is 0 Å². The van der Waals surface area contributed by atoms with Crippen LogP contribution < -0.4 is 5.32 Å². The van der Waals surface area contributed by atoms with Gasteiger partial charge in [0.25, 0.3) is 5.69 Å². The van der Waals surface area contributed by atoms with Crippen LogP contribution in [-0.2, 0) is 16.8 Å². The zero-order valence-electron chi connectivity index (χ0n) is 14.1.